The highest BCUT2D eigenvalue weighted by molar-refractivity contribution is 6.07. The van der Waals surface area contributed by atoms with Crippen molar-refractivity contribution in [1.29, 1.82) is 0 Å². The van der Waals surface area contributed by atoms with Crippen molar-refractivity contribution >= 4 is 5.78 Å². The van der Waals surface area contributed by atoms with E-state index in [1.165, 1.54) is 4.68 Å². The maximum atomic E-state index is 12.0. The van der Waals surface area contributed by atoms with Gasteiger partial charge in [0.05, 0.1) is 0 Å². The van der Waals surface area contributed by atoms with E-state index >= 15 is 0 Å². The molecule has 0 spiro atoms. The van der Waals surface area contributed by atoms with Crippen molar-refractivity contribution in [3.8, 4) is 0 Å². The van der Waals surface area contributed by atoms with Crippen molar-refractivity contribution in [2.45, 2.75) is 6.92 Å². The van der Waals surface area contributed by atoms with E-state index in [2.05, 4.69) is 15.5 Å². The molecule has 1 heterocycles. The first-order chi connectivity index (χ1) is 7.20. The van der Waals surface area contributed by atoms with Gasteiger partial charge >= 0.3 is 0 Å². The smallest absolute Gasteiger partial charge is 0.232 e. The molecule has 5 nitrogen and oxygen atoms in total. The van der Waals surface area contributed by atoms with Crippen LogP contribution in [0.2, 0.25) is 0 Å². The first-order valence-corrected chi connectivity index (χ1v) is 4.53. The summed E-state index contributed by atoms with van der Waals surface area (Å²) in [4.78, 5) is 12.0. The summed E-state index contributed by atoms with van der Waals surface area (Å²) in [5.41, 5.74) is 1.56. The fourth-order valence-corrected chi connectivity index (χ4v) is 1.37. The second-order valence-electron chi connectivity index (χ2n) is 3.27. The van der Waals surface area contributed by atoms with Crippen LogP contribution in [0.4, 0.5) is 0 Å². The van der Waals surface area contributed by atoms with Crippen LogP contribution >= 0.6 is 0 Å². The van der Waals surface area contributed by atoms with Gasteiger partial charge in [-0.3, -0.25) is 4.79 Å². The maximum absolute atomic E-state index is 12.0. The Balaban J connectivity index is 2.46. The number of tetrazole rings is 1. The number of ketones is 1. The molecule has 0 saturated heterocycles. The van der Waals surface area contributed by atoms with Gasteiger partial charge in [0, 0.05) is 12.6 Å². The van der Waals surface area contributed by atoms with Crippen LogP contribution in [0.3, 0.4) is 0 Å². The Hall–Kier alpha value is -2.04. The molecule has 2 aromatic rings. The van der Waals surface area contributed by atoms with Crippen LogP contribution in [-0.2, 0) is 7.05 Å². The summed E-state index contributed by atoms with van der Waals surface area (Å²) in [6, 6.07) is 7.37. The number of aromatic nitrogens is 4. The lowest BCUT2D eigenvalue weighted by Gasteiger charge is -2.02. The Kier molecular flexibility index (Phi) is 2.29. The van der Waals surface area contributed by atoms with E-state index in [1.54, 1.807) is 13.1 Å². The number of carbonyl (C=O) groups excluding carboxylic acids is 1. The average Bonchev–Trinajstić information content (AvgIpc) is 2.64. The Labute approximate surface area is 86.7 Å². The van der Waals surface area contributed by atoms with Crippen LogP contribution < -0.4 is 0 Å². The third-order valence-electron chi connectivity index (χ3n) is 2.21. The van der Waals surface area contributed by atoms with Crippen LogP contribution in [-0.4, -0.2) is 26.0 Å². The van der Waals surface area contributed by atoms with Crippen molar-refractivity contribution < 1.29 is 4.79 Å². The van der Waals surface area contributed by atoms with Crippen molar-refractivity contribution in [2.75, 3.05) is 0 Å². The number of aryl methyl sites for hydroxylation is 2. The van der Waals surface area contributed by atoms with Gasteiger partial charge in [-0.2, -0.15) is 0 Å². The highest BCUT2D eigenvalue weighted by Gasteiger charge is 2.16. The summed E-state index contributed by atoms with van der Waals surface area (Å²) >= 11 is 0. The van der Waals surface area contributed by atoms with Gasteiger partial charge in [-0.25, -0.2) is 4.68 Å². The number of hydrogen-bond donors (Lipinski definition) is 0. The molecule has 2 rings (SSSR count). The molecule has 0 fully saturated rings. The van der Waals surface area contributed by atoms with E-state index in [-0.39, 0.29) is 11.6 Å². The zero-order valence-corrected chi connectivity index (χ0v) is 8.51. The summed E-state index contributed by atoms with van der Waals surface area (Å²) in [6.45, 7) is 1.89. The topological polar surface area (TPSA) is 60.7 Å². The lowest BCUT2D eigenvalue weighted by Crippen LogP contribution is -2.10. The second kappa shape index (κ2) is 3.61. The molecule has 76 valence electrons. The molecule has 5 heteroatoms. The monoisotopic (exact) mass is 202 g/mol. The Bertz CT molecular complexity index is 504. The van der Waals surface area contributed by atoms with E-state index in [4.69, 9.17) is 0 Å². The van der Waals surface area contributed by atoms with E-state index < -0.39 is 0 Å². The molecule has 0 saturated carbocycles. The van der Waals surface area contributed by atoms with Crippen molar-refractivity contribution in [3.05, 3.63) is 41.2 Å². The van der Waals surface area contributed by atoms with Gasteiger partial charge in [-0.15, -0.1) is 5.10 Å². The molecule has 0 N–H and O–H groups in total. The Morgan fingerprint density at radius 2 is 2.07 bits per heavy atom. The fraction of sp³-hybridized carbons (Fsp3) is 0.200. The van der Waals surface area contributed by atoms with E-state index in [1.807, 2.05) is 25.1 Å². The highest BCUT2D eigenvalue weighted by atomic mass is 16.1. The van der Waals surface area contributed by atoms with Crippen LogP contribution in [0.5, 0.6) is 0 Å². The minimum atomic E-state index is -0.152. The summed E-state index contributed by atoms with van der Waals surface area (Å²) in [5.74, 6) is 0.102. The predicted molar refractivity (Wildman–Crippen MR) is 53.4 cm³/mol. The maximum Gasteiger partial charge on any atom is 0.232 e. The Morgan fingerprint density at radius 1 is 1.33 bits per heavy atom. The largest absolute Gasteiger partial charge is 0.285 e. The molecular formula is C10H10N4O. The average molecular weight is 202 g/mol. The van der Waals surface area contributed by atoms with Gasteiger partial charge in [-0.05, 0) is 22.9 Å². The number of hydrogen-bond acceptors (Lipinski definition) is 4. The van der Waals surface area contributed by atoms with Crippen LogP contribution in [0.25, 0.3) is 0 Å². The molecular weight excluding hydrogens is 192 g/mol. The highest BCUT2D eigenvalue weighted by Crippen LogP contribution is 2.10. The molecule has 0 aliphatic heterocycles. The standard InChI is InChI=1S/C10H10N4O/c1-7-5-3-4-6-8(7)9(15)10-11-12-13-14(10)2/h3-6H,1-2H3. The van der Waals surface area contributed by atoms with Crippen molar-refractivity contribution in [2.24, 2.45) is 7.05 Å². The van der Waals surface area contributed by atoms with E-state index in [0.29, 0.717) is 5.56 Å². The number of benzene rings is 1. The lowest BCUT2D eigenvalue weighted by molar-refractivity contribution is 0.102. The van der Waals surface area contributed by atoms with Crippen molar-refractivity contribution in [3.63, 3.8) is 0 Å². The summed E-state index contributed by atoms with van der Waals surface area (Å²) in [5, 5.41) is 10.8. The SMILES string of the molecule is Cc1ccccc1C(=O)c1nnnn1C. The Morgan fingerprint density at radius 3 is 2.67 bits per heavy atom. The predicted octanol–water partition coefficient (Wildman–Crippen LogP) is 0.750. The minimum absolute atomic E-state index is 0.152. The summed E-state index contributed by atoms with van der Waals surface area (Å²) in [7, 11) is 1.64. The first-order valence-electron chi connectivity index (χ1n) is 4.53. The van der Waals surface area contributed by atoms with Crippen LogP contribution in [0, 0.1) is 6.92 Å². The molecule has 0 bridgehead atoms. The first kappa shape index (κ1) is 9.51. The van der Waals surface area contributed by atoms with Crippen LogP contribution in [0.1, 0.15) is 21.7 Å². The molecule has 1 aromatic heterocycles. The van der Waals surface area contributed by atoms with Gasteiger partial charge in [-0.1, -0.05) is 24.3 Å². The van der Waals surface area contributed by atoms with Gasteiger partial charge in [0.25, 0.3) is 0 Å². The molecule has 0 radical (unpaired) electrons. The van der Waals surface area contributed by atoms with E-state index in [0.717, 1.165) is 5.56 Å². The van der Waals surface area contributed by atoms with Crippen molar-refractivity contribution in [1.82, 2.24) is 20.2 Å². The molecule has 1 aromatic carbocycles. The number of carbonyl (C=O) groups is 1. The quantitative estimate of drug-likeness (QED) is 0.674. The fourth-order valence-electron chi connectivity index (χ4n) is 1.37. The zero-order valence-electron chi connectivity index (χ0n) is 8.51. The molecule has 0 amide bonds. The second-order valence-corrected chi connectivity index (χ2v) is 3.27. The zero-order chi connectivity index (χ0) is 10.8. The summed E-state index contributed by atoms with van der Waals surface area (Å²) in [6.07, 6.45) is 0. The third-order valence-corrected chi connectivity index (χ3v) is 2.21. The molecule has 0 aliphatic rings. The van der Waals surface area contributed by atoms with Gasteiger partial charge in [0.1, 0.15) is 0 Å². The number of rotatable bonds is 2. The summed E-state index contributed by atoms with van der Waals surface area (Å²) < 4.78 is 1.37. The normalized spacial score (nSPS) is 10.3. The minimum Gasteiger partial charge on any atom is -0.285 e. The van der Waals surface area contributed by atoms with Gasteiger partial charge in [0.2, 0.25) is 11.6 Å². The number of nitrogens with zero attached hydrogens (tertiary/aromatic N) is 4. The third kappa shape index (κ3) is 1.63. The molecule has 0 atom stereocenters. The van der Waals surface area contributed by atoms with Gasteiger partial charge in [0.15, 0.2) is 0 Å². The molecule has 0 aliphatic carbocycles. The van der Waals surface area contributed by atoms with E-state index in [9.17, 15) is 4.79 Å². The molecule has 15 heavy (non-hydrogen) atoms. The van der Waals surface area contributed by atoms with Crippen LogP contribution in [0.15, 0.2) is 24.3 Å². The molecule has 0 unspecified atom stereocenters. The van der Waals surface area contributed by atoms with Gasteiger partial charge < -0.3 is 0 Å². The lowest BCUT2D eigenvalue weighted by atomic mass is 10.0.